The van der Waals surface area contributed by atoms with Gasteiger partial charge in [-0.1, -0.05) is 31.2 Å². The van der Waals surface area contributed by atoms with Crippen LogP contribution in [0.1, 0.15) is 55.6 Å². The number of hydrogen-bond acceptors (Lipinski definition) is 8. The number of benzene rings is 1. The first-order valence-electron chi connectivity index (χ1n) is 12.5. The minimum atomic E-state index is 0.316. The highest BCUT2D eigenvalue weighted by Gasteiger charge is 2.23. The second kappa shape index (κ2) is 11.0. The lowest BCUT2D eigenvalue weighted by Gasteiger charge is -2.29. The van der Waals surface area contributed by atoms with Crippen LogP contribution in [0.2, 0.25) is 0 Å². The van der Waals surface area contributed by atoms with Gasteiger partial charge < -0.3 is 18.9 Å². The van der Waals surface area contributed by atoms with E-state index in [1.807, 2.05) is 46.9 Å². The quantitative estimate of drug-likeness (QED) is 0.257. The average Bonchev–Trinajstić information content (AvgIpc) is 3.56. The number of pyridine rings is 1. The van der Waals surface area contributed by atoms with Crippen LogP contribution in [0.3, 0.4) is 0 Å². The number of carbonyl (C=O) groups is 1. The highest BCUT2D eigenvalue weighted by Crippen LogP contribution is 2.27. The number of ether oxygens (including phenoxy) is 1. The molecule has 0 atom stereocenters. The van der Waals surface area contributed by atoms with Crippen molar-refractivity contribution in [2.24, 2.45) is 7.05 Å². The molecule has 1 radical (unpaired) electrons. The van der Waals surface area contributed by atoms with Crippen LogP contribution in [0.25, 0.3) is 17.2 Å². The topological polar surface area (TPSA) is 104 Å². The molecule has 4 heterocycles. The standard InChI is InChI=1S/C26H30BN8O2/c1-18(2)20-5-4-6-22(13-20)37-16-25-30-31-26(33(25)3)23-8-7-21(14-28-23)35-15-24(29-32-35)19-9-11-34(12-10-19)27-17-36/h4-8,13-15,17-19H,9-12,16H2,1-3H3. The molecule has 0 bridgehead atoms. The summed E-state index contributed by atoms with van der Waals surface area (Å²) in [5.74, 6) is 2.97. The third kappa shape index (κ3) is 5.61. The summed E-state index contributed by atoms with van der Waals surface area (Å²) < 4.78 is 9.62. The Morgan fingerprint density at radius 2 is 1.97 bits per heavy atom. The van der Waals surface area contributed by atoms with Crippen molar-refractivity contribution >= 4 is 13.6 Å². The van der Waals surface area contributed by atoms with Gasteiger partial charge in [0.25, 0.3) is 7.41 Å². The Morgan fingerprint density at radius 3 is 2.70 bits per heavy atom. The molecule has 37 heavy (non-hydrogen) atoms. The fraction of sp³-hybridized carbons (Fsp3) is 0.385. The maximum Gasteiger partial charge on any atom is 0.293 e. The Labute approximate surface area is 216 Å². The van der Waals surface area contributed by atoms with Gasteiger partial charge in [-0.25, -0.2) is 4.68 Å². The zero-order valence-electron chi connectivity index (χ0n) is 21.4. The monoisotopic (exact) mass is 497 g/mol. The van der Waals surface area contributed by atoms with Crippen molar-refractivity contribution in [1.82, 2.24) is 39.6 Å². The number of rotatable bonds is 9. The highest BCUT2D eigenvalue weighted by molar-refractivity contribution is 6.64. The van der Waals surface area contributed by atoms with Crippen molar-refractivity contribution in [3.05, 3.63) is 65.9 Å². The van der Waals surface area contributed by atoms with Gasteiger partial charge in [-0.3, -0.25) is 4.98 Å². The van der Waals surface area contributed by atoms with E-state index in [9.17, 15) is 4.79 Å². The lowest BCUT2D eigenvalue weighted by molar-refractivity contribution is 0.291. The average molecular weight is 497 g/mol. The van der Waals surface area contributed by atoms with Crippen LogP contribution >= 0.6 is 0 Å². The molecule has 0 N–H and O–H groups in total. The summed E-state index contributed by atoms with van der Waals surface area (Å²) in [4.78, 5) is 17.3. The van der Waals surface area contributed by atoms with Crippen molar-refractivity contribution < 1.29 is 9.53 Å². The SMILES string of the molecule is CC(C)c1cccc(OCc2nnc(-c3ccc(-n4cc(C5CCN([B]C=O)CC5)nn4)cn3)n2C)c1. The summed E-state index contributed by atoms with van der Waals surface area (Å²) in [5.41, 5.74) is 3.74. The third-order valence-corrected chi connectivity index (χ3v) is 6.83. The number of nitrogens with zero attached hydrogens (tertiary/aromatic N) is 8. The molecule has 0 spiro atoms. The fourth-order valence-electron chi connectivity index (χ4n) is 4.50. The van der Waals surface area contributed by atoms with E-state index in [0.29, 0.717) is 35.8 Å². The van der Waals surface area contributed by atoms with E-state index in [1.165, 1.54) is 5.56 Å². The summed E-state index contributed by atoms with van der Waals surface area (Å²) in [6.45, 7) is 6.34. The molecule has 10 nitrogen and oxygen atoms in total. The van der Waals surface area contributed by atoms with E-state index in [4.69, 9.17) is 4.74 Å². The van der Waals surface area contributed by atoms with Crippen molar-refractivity contribution in [3.63, 3.8) is 0 Å². The van der Waals surface area contributed by atoms with Crippen molar-refractivity contribution in [1.29, 1.82) is 0 Å². The first kappa shape index (κ1) is 24.8. The molecular formula is C26H30BN8O2. The summed E-state index contributed by atoms with van der Waals surface area (Å²) in [6, 6.07) is 12.0. The molecule has 0 unspecified atom stereocenters. The van der Waals surface area contributed by atoms with Crippen LogP contribution in [0, 0.1) is 0 Å². The summed E-state index contributed by atoms with van der Waals surface area (Å²) in [5, 5.41) is 17.4. The molecular weight excluding hydrogens is 467 g/mol. The van der Waals surface area contributed by atoms with Gasteiger partial charge >= 0.3 is 0 Å². The minimum Gasteiger partial charge on any atom is -0.486 e. The van der Waals surface area contributed by atoms with Crippen LogP contribution in [0.4, 0.5) is 0 Å². The lowest BCUT2D eigenvalue weighted by atomic mass is 9.86. The Balaban J connectivity index is 1.23. The molecule has 1 fully saturated rings. The fourth-order valence-corrected chi connectivity index (χ4v) is 4.50. The molecule has 3 aromatic heterocycles. The largest absolute Gasteiger partial charge is 0.486 e. The van der Waals surface area contributed by atoms with Gasteiger partial charge in [0, 0.05) is 13.0 Å². The number of hydrogen-bond donors (Lipinski definition) is 0. The van der Waals surface area contributed by atoms with Crippen molar-refractivity contribution in [2.75, 3.05) is 13.1 Å². The molecule has 0 amide bonds. The normalized spacial score (nSPS) is 14.7. The van der Waals surface area contributed by atoms with E-state index in [0.717, 1.165) is 49.2 Å². The molecule has 0 saturated carbocycles. The third-order valence-electron chi connectivity index (χ3n) is 6.83. The van der Waals surface area contributed by atoms with Crippen LogP contribution in [-0.2, 0) is 18.4 Å². The van der Waals surface area contributed by atoms with Crippen LogP contribution < -0.4 is 4.74 Å². The van der Waals surface area contributed by atoms with Gasteiger partial charge in [-0.2, -0.15) is 0 Å². The number of piperidine rings is 1. The molecule has 5 rings (SSSR count). The molecule has 189 valence electrons. The minimum absolute atomic E-state index is 0.316. The molecule has 1 saturated heterocycles. The van der Waals surface area contributed by atoms with E-state index < -0.39 is 0 Å². The Kier molecular flexibility index (Phi) is 7.41. The van der Waals surface area contributed by atoms with Crippen molar-refractivity contribution in [3.8, 4) is 23.0 Å². The van der Waals surface area contributed by atoms with Crippen LogP contribution in [0.15, 0.2) is 48.8 Å². The maximum absolute atomic E-state index is 10.7. The van der Waals surface area contributed by atoms with Gasteiger partial charge in [0.1, 0.15) is 18.1 Å². The van der Waals surface area contributed by atoms with E-state index in [2.05, 4.69) is 51.5 Å². The first-order chi connectivity index (χ1) is 18.0. The zero-order chi connectivity index (χ0) is 25.8. The summed E-state index contributed by atoms with van der Waals surface area (Å²) in [7, 11) is 3.52. The zero-order valence-corrected chi connectivity index (χ0v) is 21.4. The Bertz CT molecular complexity index is 1340. The van der Waals surface area contributed by atoms with E-state index in [-0.39, 0.29) is 0 Å². The van der Waals surface area contributed by atoms with Gasteiger partial charge in [0.15, 0.2) is 11.6 Å². The smallest absolute Gasteiger partial charge is 0.293 e. The Morgan fingerprint density at radius 1 is 1.14 bits per heavy atom. The van der Waals surface area contributed by atoms with Crippen LogP contribution in [0.5, 0.6) is 5.75 Å². The Hall–Kier alpha value is -3.86. The van der Waals surface area contributed by atoms with Crippen LogP contribution in [-0.4, -0.2) is 66.2 Å². The highest BCUT2D eigenvalue weighted by atomic mass is 16.5. The number of carbonyl (C=O) groups excluding carboxylic acids is 1. The molecule has 11 heteroatoms. The second-order valence-corrected chi connectivity index (χ2v) is 9.60. The van der Waals surface area contributed by atoms with Gasteiger partial charge in [0.2, 0.25) is 0 Å². The molecule has 1 aliphatic rings. The maximum atomic E-state index is 10.7. The molecule has 1 aliphatic heterocycles. The van der Waals surface area contributed by atoms with Crippen molar-refractivity contribution in [2.45, 2.75) is 45.1 Å². The first-order valence-corrected chi connectivity index (χ1v) is 12.5. The van der Waals surface area contributed by atoms with E-state index >= 15 is 0 Å². The second-order valence-electron chi connectivity index (χ2n) is 9.60. The summed E-state index contributed by atoms with van der Waals surface area (Å²) in [6.07, 6.45) is 6.46. The summed E-state index contributed by atoms with van der Waals surface area (Å²) >= 11 is 0. The predicted molar refractivity (Wildman–Crippen MR) is 140 cm³/mol. The molecule has 0 aliphatic carbocycles. The lowest BCUT2D eigenvalue weighted by Crippen LogP contribution is -2.36. The molecule has 4 aromatic rings. The van der Waals surface area contributed by atoms with Gasteiger partial charge in [0.05, 0.1) is 30.0 Å². The number of aromatic nitrogens is 7. The van der Waals surface area contributed by atoms with Gasteiger partial charge in [-0.15, -0.1) is 15.3 Å². The van der Waals surface area contributed by atoms with E-state index in [1.54, 1.807) is 18.3 Å². The molecule has 1 aromatic carbocycles. The van der Waals surface area contributed by atoms with Gasteiger partial charge in [-0.05, 0) is 61.7 Å². The predicted octanol–water partition coefficient (Wildman–Crippen LogP) is 3.15.